The van der Waals surface area contributed by atoms with Crippen LogP contribution in [0.3, 0.4) is 0 Å². The average Bonchev–Trinajstić information content (AvgIpc) is 3.30. The molecular formula is C34H34FN5S. The van der Waals surface area contributed by atoms with Crippen molar-refractivity contribution in [2.75, 3.05) is 4.90 Å². The molecule has 5 rings (SSSR count). The standard InChI is InChI=1S/C34H34FN5S/c1-25(2)22-27-14-18-29(19-15-27)26(3)33-37-39(34(41)40(33)36-23-28-16-20-30(35)21-17-28)24-38(31-10-6-4-7-11-31)32-12-8-5-9-13-32/h4-21,23,25-26H,22,24H2,1-3H3/b36-23+/t26-/m0/s1. The molecule has 0 spiro atoms. The molecule has 5 aromatic rings. The molecule has 0 aliphatic rings. The highest BCUT2D eigenvalue weighted by Gasteiger charge is 2.21. The third-order valence-corrected chi connectivity index (χ3v) is 7.34. The van der Waals surface area contributed by atoms with Crippen LogP contribution in [0.4, 0.5) is 15.8 Å². The molecule has 0 radical (unpaired) electrons. The third-order valence-electron chi connectivity index (χ3n) is 6.96. The fourth-order valence-corrected chi connectivity index (χ4v) is 5.02. The average molecular weight is 564 g/mol. The molecule has 0 unspecified atom stereocenters. The molecule has 0 saturated heterocycles. The summed E-state index contributed by atoms with van der Waals surface area (Å²) in [6.45, 7) is 6.98. The first-order valence-corrected chi connectivity index (χ1v) is 14.3. The molecule has 1 aromatic heterocycles. The first-order valence-electron chi connectivity index (χ1n) is 13.8. The zero-order chi connectivity index (χ0) is 28.8. The van der Waals surface area contributed by atoms with Gasteiger partial charge in [-0.15, -0.1) is 0 Å². The number of hydrogen-bond acceptors (Lipinski definition) is 4. The Morgan fingerprint density at radius 2 is 1.41 bits per heavy atom. The summed E-state index contributed by atoms with van der Waals surface area (Å²) in [5.41, 5.74) is 5.27. The molecule has 1 heterocycles. The topological polar surface area (TPSA) is 38.4 Å². The van der Waals surface area contributed by atoms with Crippen LogP contribution in [0.15, 0.2) is 114 Å². The minimum Gasteiger partial charge on any atom is -0.321 e. The summed E-state index contributed by atoms with van der Waals surface area (Å²) in [4.78, 5) is 2.17. The molecule has 0 amide bonds. The Morgan fingerprint density at radius 3 is 1.98 bits per heavy atom. The summed E-state index contributed by atoms with van der Waals surface area (Å²) < 4.78 is 17.5. The van der Waals surface area contributed by atoms with E-state index in [2.05, 4.69) is 74.2 Å². The maximum Gasteiger partial charge on any atom is 0.220 e. The number of anilines is 2. The van der Waals surface area contributed by atoms with E-state index < -0.39 is 0 Å². The van der Waals surface area contributed by atoms with Crippen molar-refractivity contribution < 1.29 is 4.39 Å². The van der Waals surface area contributed by atoms with E-state index in [1.165, 1.54) is 17.7 Å². The van der Waals surface area contributed by atoms with Gasteiger partial charge in [0.1, 0.15) is 12.5 Å². The number of para-hydroxylation sites is 2. The monoisotopic (exact) mass is 563 g/mol. The summed E-state index contributed by atoms with van der Waals surface area (Å²) in [6, 6.07) is 35.3. The lowest BCUT2D eigenvalue weighted by Crippen LogP contribution is -2.22. The lowest BCUT2D eigenvalue weighted by Gasteiger charge is -2.24. The fourth-order valence-electron chi connectivity index (χ4n) is 4.79. The number of halogens is 1. The molecule has 5 nitrogen and oxygen atoms in total. The van der Waals surface area contributed by atoms with Crippen LogP contribution in [0.2, 0.25) is 0 Å². The third kappa shape index (κ3) is 6.87. The van der Waals surface area contributed by atoms with E-state index >= 15 is 0 Å². The van der Waals surface area contributed by atoms with Gasteiger partial charge in [-0.25, -0.2) is 9.07 Å². The maximum absolute atomic E-state index is 13.5. The van der Waals surface area contributed by atoms with Crippen LogP contribution in [0, 0.1) is 16.5 Å². The van der Waals surface area contributed by atoms with E-state index in [0.29, 0.717) is 17.4 Å². The largest absolute Gasteiger partial charge is 0.321 e. The SMILES string of the molecule is CC(C)Cc1ccc([C@H](C)c2nn(CN(c3ccccc3)c3ccccc3)c(=S)n2/N=C/c2ccc(F)cc2)cc1. The summed E-state index contributed by atoms with van der Waals surface area (Å²) in [6.07, 6.45) is 2.73. The van der Waals surface area contributed by atoms with E-state index in [1.54, 1.807) is 23.0 Å². The van der Waals surface area contributed by atoms with Gasteiger partial charge in [0.2, 0.25) is 4.77 Å². The molecule has 4 aromatic carbocycles. The predicted molar refractivity (Wildman–Crippen MR) is 168 cm³/mol. The van der Waals surface area contributed by atoms with E-state index in [0.717, 1.165) is 34.7 Å². The second-order valence-electron chi connectivity index (χ2n) is 10.6. The van der Waals surface area contributed by atoms with Gasteiger partial charge in [-0.2, -0.15) is 14.9 Å². The van der Waals surface area contributed by atoms with Gasteiger partial charge in [0, 0.05) is 17.3 Å². The Morgan fingerprint density at radius 1 is 0.829 bits per heavy atom. The van der Waals surface area contributed by atoms with E-state index in [4.69, 9.17) is 22.4 Å². The first-order chi connectivity index (χ1) is 19.9. The lowest BCUT2D eigenvalue weighted by molar-refractivity contribution is 0.601. The molecule has 0 aliphatic carbocycles. The van der Waals surface area contributed by atoms with Gasteiger partial charge in [-0.3, -0.25) is 0 Å². The highest BCUT2D eigenvalue weighted by atomic mass is 32.1. The van der Waals surface area contributed by atoms with Crippen molar-refractivity contribution in [1.82, 2.24) is 14.5 Å². The summed E-state index contributed by atoms with van der Waals surface area (Å²) in [5, 5.41) is 9.78. The maximum atomic E-state index is 13.5. The Bertz CT molecular complexity index is 1600. The molecule has 0 fully saturated rings. The minimum atomic E-state index is -0.288. The van der Waals surface area contributed by atoms with Gasteiger partial charge in [0.05, 0.1) is 6.21 Å². The van der Waals surface area contributed by atoms with Crippen LogP contribution in [0.5, 0.6) is 0 Å². The molecular weight excluding hydrogens is 529 g/mol. The fraction of sp³-hybridized carbons (Fsp3) is 0.206. The smallest absolute Gasteiger partial charge is 0.220 e. The van der Waals surface area contributed by atoms with Crippen molar-refractivity contribution in [2.45, 2.75) is 39.8 Å². The van der Waals surface area contributed by atoms with Gasteiger partial charge in [-0.1, -0.05) is 93.6 Å². The second kappa shape index (κ2) is 12.9. The molecule has 41 heavy (non-hydrogen) atoms. The lowest BCUT2D eigenvalue weighted by atomic mass is 9.96. The molecule has 208 valence electrons. The summed E-state index contributed by atoms with van der Waals surface area (Å²) in [7, 11) is 0. The highest BCUT2D eigenvalue weighted by molar-refractivity contribution is 7.71. The molecule has 1 atom stereocenters. The van der Waals surface area contributed by atoms with Crippen molar-refractivity contribution >= 4 is 29.8 Å². The number of benzene rings is 4. The summed E-state index contributed by atoms with van der Waals surface area (Å²) >= 11 is 5.97. The Hall–Kier alpha value is -4.36. The highest BCUT2D eigenvalue weighted by Crippen LogP contribution is 2.28. The molecule has 7 heteroatoms. The van der Waals surface area contributed by atoms with E-state index in [9.17, 15) is 4.39 Å². The van der Waals surface area contributed by atoms with Crippen LogP contribution in [0.25, 0.3) is 0 Å². The number of aromatic nitrogens is 3. The Balaban J connectivity index is 1.55. The predicted octanol–water partition coefficient (Wildman–Crippen LogP) is 8.58. The Kier molecular flexibility index (Phi) is 8.85. The van der Waals surface area contributed by atoms with Crippen LogP contribution in [0.1, 0.15) is 49.2 Å². The Labute approximate surface area is 246 Å². The van der Waals surface area contributed by atoms with Crippen LogP contribution in [-0.4, -0.2) is 20.7 Å². The molecule has 0 saturated carbocycles. The normalized spacial score (nSPS) is 12.2. The zero-order valence-electron chi connectivity index (χ0n) is 23.6. The van der Waals surface area contributed by atoms with Crippen molar-refractivity contribution in [3.8, 4) is 0 Å². The quantitative estimate of drug-likeness (QED) is 0.126. The minimum absolute atomic E-state index is 0.0710. The van der Waals surface area contributed by atoms with Gasteiger partial charge in [0.15, 0.2) is 5.82 Å². The van der Waals surface area contributed by atoms with Crippen LogP contribution >= 0.6 is 12.2 Å². The second-order valence-corrected chi connectivity index (χ2v) is 10.9. The van der Waals surface area contributed by atoms with E-state index in [-0.39, 0.29) is 11.7 Å². The van der Waals surface area contributed by atoms with Crippen molar-refractivity contribution in [2.24, 2.45) is 11.0 Å². The summed E-state index contributed by atoms with van der Waals surface area (Å²) in [5.74, 6) is 0.963. The van der Waals surface area contributed by atoms with Crippen LogP contribution in [-0.2, 0) is 13.1 Å². The first kappa shape index (κ1) is 28.2. The van der Waals surface area contributed by atoms with Gasteiger partial charge < -0.3 is 4.90 Å². The van der Waals surface area contributed by atoms with Crippen LogP contribution < -0.4 is 4.90 Å². The molecule has 0 bridgehead atoms. The van der Waals surface area contributed by atoms with Gasteiger partial charge in [0.25, 0.3) is 0 Å². The zero-order valence-corrected chi connectivity index (χ0v) is 24.4. The van der Waals surface area contributed by atoms with Crippen molar-refractivity contribution in [1.29, 1.82) is 0 Å². The number of hydrogen-bond donors (Lipinski definition) is 0. The molecule has 0 N–H and O–H groups in total. The van der Waals surface area contributed by atoms with Gasteiger partial charge >= 0.3 is 0 Å². The number of rotatable bonds is 10. The van der Waals surface area contributed by atoms with E-state index in [1.807, 2.05) is 41.1 Å². The molecule has 0 aliphatic heterocycles. The van der Waals surface area contributed by atoms with Gasteiger partial charge in [-0.05, 0) is 77.6 Å². The van der Waals surface area contributed by atoms with Crippen molar-refractivity contribution in [3.05, 3.63) is 142 Å². The van der Waals surface area contributed by atoms with Crippen molar-refractivity contribution in [3.63, 3.8) is 0 Å². The number of nitrogens with zero attached hydrogens (tertiary/aromatic N) is 5.